The van der Waals surface area contributed by atoms with Crippen molar-refractivity contribution in [1.82, 2.24) is 30.0 Å². The van der Waals surface area contributed by atoms with Crippen LogP contribution in [0.4, 0.5) is 11.6 Å². The monoisotopic (exact) mass is 435 g/mol. The number of anilines is 2. The van der Waals surface area contributed by atoms with Crippen LogP contribution >= 0.6 is 0 Å². The molecule has 1 aliphatic carbocycles. The maximum absolute atomic E-state index is 12.0. The van der Waals surface area contributed by atoms with Gasteiger partial charge in [-0.2, -0.15) is 10.1 Å². The molecule has 0 unspecified atom stereocenters. The number of benzene rings is 1. The lowest BCUT2D eigenvalue weighted by molar-refractivity contribution is -0.124. The van der Waals surface area contributed by atoms with Crippen LogP contribution in [0.2, 0.25) is 0 Å². The van der Waals surface area contributed by atoms with Crippen LogP contribution in [0, 0.1) is 5.92 Å². The summed E-state index contributed by atoms with van der Waals surface area (Å²) in [6.07, 6.45) is 7.15. The zero-order valence-corrected chi connectivity index (χ0v) is 18.8. The van der Waals surface area contributed by atoms with Crippen molar-refractivity contribution in [1.29, 1.82) is 0 Å². The second-order valence-corrected chi connectivity index (χ2v) is 8.77. The molecule has 5 rings (SSSR count). The smallest absolute Gasteiger partial charge is 0.229 e. The Bertz CT molecular complexity index is 1160. The SMILES string of the molecule is CNC(=O)[C@H]1CC[C@H](n2ncc3cnc(Nc4cc5c(cc4OC)CCN(C)C5)nc32)C1. The molecule has 0 radical (unpaired) electrons. The van der Waals surface area contributed by atoms with Crippen molar-refractivity contribution in [2.75, 3.05) is 33.1 Å². The van der Waals surface area contributed by atoms with E-state index in [2.05, 4.69) is 44.8 Å². The van der Waals surface area contributed by atoms with Gasteiger partial charge in [0.1, 0.15) is 5.75 Å². The molecule has 0 bridgehead atoms. The van der Waals surface area contributed by atoms with E-state index in [0.717, 1.165) is 61.2 Å². The minimum atomic E-state index is 0.0292. The molecule has 1 amide bonds. The normalized spacial score (nSPS) is 20.8. The van der Waals surface area contributed by atoms with E-state index >= 15 is 0 Å². The molecule has 168 valence electrons. The minimum absolute atomic E-state index is 0.0292. The first-order valence-corrected chi connectivity index (χ1v) is 11.1. The number of hydrogen-bond acceptors (Lipinski definition) is 7. The van der Waals surface area contributed by atoms with E-state index in [1.807, 2.05) is 4.68 Å². The first-order valence-electron chi connectivity index (χ1n) is 11.1. The highest BCUT2D eigenvalue weighted by molar-refractivity contribution is 5.79. The molecular weight excluding hydrogens is 406 g/mol. The van der Waals surface area contributed by atoms with Gasteiger partial charge in [-0.15, -0.1) is 0 Å². The molecule has 2 aromatic heterocycles. The highest BCUT2D eigenvalue weighted by Crippen LogP contribution is 2.36. The van der Waals surface area contributed by atoms with Gasteiger partial charge in [-0.3, -0.25) is 4.79 Å². The van der Waals surface area contributed by atoms with Crippen molar-refractivity contribution < 1.29 is 9.53 Å². The van der Waals surface area contributed by atoms with Gasteiger partial charge in [0.15, 0.2) is 5.65 Å². The summed E-state index contributed by atoms with van der Waals surface area (Å²) < 4.78 is 7.59. The molecule has 9 nitrogen and oxygen atoms in total. The predicted molar refractivity (Wildman–Crippen MR) is 122 cm³/mol. The van der Waals surface area contributed by atoms with Crippen LogP contribution in [0.5, 0.6) is 5.75 Å². The molecule has 1 aromatic carbocycles. The lowest BCUT2D eigenvalue weighted by Crippen LogP contribution is -2.26. The Morgan fingerprint density at radius 1 is 1.22 bits per heavy atom. The minimum Gasteiger partial charge on any atom is -0.495 e. The number of nitrogens with zero attached hydrogens (tertiary/aromatic N) is 5. The van der Waals surface area contributed by atoms with Crippen molar-refractivity contribution in [3.8, 4) is 5.75 Å². The van der Waals surface area contributed by atoms with E-state index in [1.165, 1.54) is 11.1 Å². The second kappa shape index (κ2) is 8.38. The number of amides is 1. The van der Waals surface area contributed by atoms with Crippen LogP contribution < -0.4 is 15.4 Å². The molecule has 9 heteroatoms. The largest absolute Gasteiger partial charge is 0.495 e. The average Bonchev–Trinajstić information content (AvgIpc) is 3.45. The average molecular weight is 436 g/mol. The highest BCUT2D eigenvalue weighted by Gasteiger charge is 2.32. The molecule has 3 aromatic rings. The van der Waals surface area contributed by atoms with Crippen LogP contribution in [-0.2, 0) is 17.8 Å². The number of methoxy groups -OCH3 is 1. The molecule has 1 saturated carbocycles. The van der Waals surface area contributed by atoms with Crippen molar-refractivity contribution in [3.63, 3.8) is 0 Å². The zero-order chi connectivity index (χ0) is 22.2. The fourth-order valence-electron chi connectivity index (χ4n) is 4.90. The Labute approximate surface area is 187 Å². The van der Waals surface area contributed by atoms with Gasteiger partial charge >= 0.3 is 0 Å². The van der Waals surface area contributed by atoms with Gasteiger partial charge in [-0.25, -0.2) is 9.67 Å². The first-order chi connectivity index (χ1) is 15.6. The van der Waals surface area contributed by atoms with Crippen LogP contribution in [0.25, 0.3) is 11.0 Å². The van der Waals surface area contributed by atoms with Crippen LogP contribution in [0.1, 0.15) is 36.4 Å². The summed E-state index contributed by atoms with van der Waals surface area (Å²) in [6, 6.07) is 4.41. The van der Waals surface area contributed by atoms with Crippen LogP contribution in [0.15, 0.2) is 24.5 Å². The summed E-state index contributed by atoms with van der Waals surface area (Å²) >= 11 is 0. The van der Waals surface area contributed by atoms with E-state index < -0.39 is 0 Å². The third-order valence-electron chi connectivity index (χ3n) is 6.67. The highest BCUT2D eigenvalue weighted by atomic mass is 16.5. The third kappa shape index (κ3) is 3.77. The Hall–Kier alpha value is -3.20. The maximum atomic E-state index is 12.0. The lowest BCUT2D eigenvalue weighted by atomic mass is 9.99. The molecule has 1 fully saturated rings. The zero-order valence-electron chi connectivity index (χ0n) is 18.8. The summed E-state index contributed by atoms with van der Waals surface area (Å²) in [4.78, 5) is 23.6. The van der Waals surface area contributed by atoms with Crippen LogP contribution in [-0.4, -0.2) is 58.3 Å². The Balaban J connectivity index is 1.43. The summed E-state index contributed by atoms with van der Waals surface area (Å²) in [6.45, 7) is 1.96. The van der Waals surface area contributed by atoms with Crippen molar-refractivity contribution >= 4 is 28.6 Å². The molecular formula is C23H29N7O2. The number of rotatable bonds is 5. The molecule has 2 N–H and O–H groups in total. The fourth-order valence-corrected chi connectivity index (χ4v) is 4.90. The molecule has 0 saturated heterocycles. The summed E-state index contributed by atoms with van der Waals surface area (Å²) in [5.41, 5.74) is 4.25. The Morgan fingerprint density at radius 3 is 2.91 bits per heavy atom. The predicted octanol–water partition coefficient (Wildman–Crippen LogP) is 2.65. The second-order valence-electron chi connectivity index (χ2n) is 8.77. The van der Waals surface area contributed by atoms with Gasteiger partial charge in [-0.1, -0.05) is 0 Å². The Morgan fingerprint density at radius 2 is 2.09 bits per heavy atom. The number of carbonyl (C=O) groups is 1. The number of likely N-dealkylation sites (N-methyl/N-ethyl adjacent to an activating group) is 1. The molecule has 2 atom stereocenters. The van der Waals surface area contributed by atoms with Crippen molar-refractivity contribution in [3.05, 3.63) is 35.7 Å². The van der Waals surface area contributed by atoms with Gasteiger partial charge in [0.05, 0.1) is 30.4 Å². The van der Waals surface area contributed by atoms with Gasteiger partial charge in [0.2, 0.25) is 11.9 Å². The van der Waals surface area contributed by atoms with Gasteiger partial charge in [0.25, 0.3) is 0 Å². The van der Waals surface area contributed by atoms with E-state index in [9.17, 15) is 4.79 Å². The third-order valence-corrected chi connectivity index (χ3v) is 6.67. The molecule has 3 heterocycles. The Kier molecular flexibility index (Phi) is 5.42. The topological polar surface area (TPSA) is 97.2 Å². The van der Waals surface area contributed by atoms with Gasteiger partial charge in [-0.05, 0) is 56.0 Å². The van der Waals surface area contributed by atoms with E-state index in [1.54, 1.807) is 26.6 Å². The quantitative estimate of drug-likeness (QED) is 0.636. The first kappa shape index (κ1) is 20.7. The maximum Gasteiger partial charge on any atom is 0.229 e. The lowest BCUT2D eigenvalue weighted by Gasteiger charge is -2.26. The number of fused-ring (bicyclic) bond motifs is 2. The fraction of sp³-hybridized carbons (Fsp3) is 0.478. The number of hydrogen-bond donors (Lipinski definition) is 2. The van der Waals surface area contributed by atoms with Crippen LogP contribution in [0.3, 0.4) is 0 Å². The van der Waals surface area contributed by atoms with E-state index in [4.69, 9.17) is 9.72 Å². The summed E-state index contributed by atoms with van der Waals surface area (Å²) in [7, 11) is 5.51. The molecule has 1 aliphatic heterocycles. The number of aromatic nitrogens is 4. The number of ether oxygens (including phenoxy) is 1. The molecule has 0 spiro atoms. The van der Waals surface area contributed by atoms with Gasteiger partial charge < -0.3 is 20.3 Å². The van der Waals surface area contributed by atoms with E-state index in [0.29, 0.717) is 5.95 Å². The number of carbonyl (C=O) groups excluding carboxylic acids is 1. The van der Waals surface area contributed by atoms with Crippen molar-refractivity contribution in [2.24, 2.45) is 5.92 Å². The van der Waals surface area contributed by atoms with E-state index in [-0.39, 0.29) is 17.9 Å². The standard InChI is InChI=1S/C23H29N7O2/c1-24-22(31)15-4-5-18(8-15)30-21-17(12-26-30)11-25-23(28-21)27-19-9-16-13-29(2)7-6-14(16)10-20(19)32-3/h9-12,15,18H,4-8,13H2,1-3H3,(H,24,31)(H,25,27,28)/t15-,18-/m0/s1. The van der Waals surface area contributed by atoms with Gasteiger partial charge in [0, 0.05) is 32.3 Å². The number of nitrogens with one attached hydrogen (secondary N) is 2. The summed E-state index contributed by atoms with van der Waals surface area (Å²) in [5.74, 6) is 1.42. The molecule has 32 heavy (non-hydrogen) atoms. The molecule has 2 aliphatic rings. The van der Waals surface area contributed by atoms with Crippen molar-refractivity contribution in [2.45, 2.75) is 38.3 Å². The summed E-state index contributed by atoms with van der Waals surface area (Å²) in [5, 5.41) is 11.6.